The minimum Gasteiger partial charge on any atom is -0.450 e. The third-order valence-electron chi connectivity index (χ3n) is 3.03. The van der Waals surface area contributed by atoms with E-state index in [0.29, 0.717) is 5.58 Å². The molecule has 0 aliphatic rings. The predicted octanol–water partition coefficient (Wildman–Crippen LogP) is 5.48. The van der Waals surface area contributed by atoms with E-state index in [4.69, 9.17) is 4.42 Å². The number of carbonyl (C=O) groups is 1. The van der Waals surface area contributed by atoms with Crippen LogP contribution in [-0.2, 0) is 0 Å². The van der Waals surface area contributed by atoms with Gasteiger partial charge in [0.1, 0.15) is 5.58 Å². The van der Waals surface area contributed by atoms with Gasteiger partial charge in [0.05, 0.1) is 10.7 Å². The maximum absolute atomic E-state index is 12.1. The molecule has 1 N–H and O–H groups in total. The average Bonchev–Trinajstić information content (AvgIpc) is 2.93. The summed E-state index contributed by atoms with van der Waals surface area (Å²) in [5, 5.41) is 4.78. The van der Waals surface area contributed by atoms with Crippen molar-refractivity contribution in [3.8, 4) is 0 Å². The lowest BCUT2D eigenvalue weighted by Gasteiger charge is -1.97. The number of rotatable bonds is 3. The lowest BCUT2D eigenvalue weighted by Crippen LogP contribution is -2.16. The molecule has 3 rings (SSSR count). The maximum Gasteiger partial charge on any atom is 0.307 e. The first-order valence-corrected chi connectivity index (χ1v) is 8.89. The predicted molar refractivity (Wildman–Crippen MR) is 101 cm³/mol. The third kappa shape index (κ3) is 3.73. The number of halogens is 3. The zero-order chi connectivity index (χ0) is 16.4. The molecule has 1 heterocycles. The SMILES string of the molecule is O=C(N/N=C\c1ccccc1Br)c1cc2cc(Br)cc(Br)c2o1. The second-order valence-electron chi connectivity index (χ2n) is 4.64. The minimum absolute atomic E-state index is 0.197. The highest BCUT2D eigenvalue weighted by atomic mass is 79.9. The Morgan fingerprint density at radius 1 is 1.09 bits per heavy atom. The lowest BCUT2D eigenvalue weighted by molar-refractivity contribution is 0.0929. The fraction of sp³-hybridized carbons (Fsp3) is 0. The summed E-state index contributed by atoms with van der Waals surface area (Å²) in [5.41, 5.74) is 3.94. The average molecular weight is 501 g/mol. The van der Waals surface area contributed by atoms with Crippen LogP contribution in [-0.4, -0.2) is 12.1 Å². The van der Waals surface area contributed by atoms with E-state index in [-0.39, 0.29) is 5.76 Å². The van der Waals surface area contributed by atoms with Gasteiger partial charge in [0.2, 0.25) is 0 Å². The van der Waals surface area contributed by atoms with Crippen LogP contribution >= 0.6 is 47.8 Å². The van der Waals surface area contributed by atoms with Gasteiger partial charge in [-0.15, -0.1) is 0 Å². The molecule has 0 bridgehead atoms. The Morgan fingerprint density at radius 3 is 2.65 bits per heavy atom. The van der Waals surface area contributed by atoms with Crippen LogP contribution in [0.3, 0.4) is 0 Å². The van der Waals surface area contributed by atoms with Crippen molar-refractivity contribution >= 4 is 70.9 Å². The van der Waals surface area contributed by atoms with Gasteiger partial charge in [0, 0.05) is 19.9 Å². The van der Waals surface area contributed by atoms with Crippen LogP contribution < -0.4 is 5.43 Å². The van der Waals surface area contributed by atoms with Crippen LogP contribution in [0.15, 0.2) is 65.4 Å². The maximum atomic E-state index is 12.1. The topological polar surface area (TPSA) is 54.6 Å². The Bertz CT molecular complexity index is 919. The molecule has 0 saturated carbocycles. The molecule has 0 fully saturated rings. The Balaban J connectivity index is 1.79. The van der Waals surface area contributed by atoms with Gasteiger partial charge < -0.3 is 4.42 Å². The monoisotopic (exact) mass is 498 g/mol. The summed E-state index contributed by atoms with van der Waals surface area (Å²) in [6.07, 6.45) is 1.57. The first kappa shape index (κ1) is 16.4. The van der Waals surface area contributed by atoms with Gasteiger partial charge in [-0.3, -0.25) is 4.79 Å². The summed E-state index contributed by atoms with van der Waals surface area (Å²) in [4.78, 5) is 12.1. The lowest BCUT2D eigenvalue weighted by atomic mass is 10.2. The van der Waals surface area contributed by atoms with Crippen molar-refractivity contribution in [2.75, 3.05) is 0 Å². The van der Waals surface area contributed by atoms with Crippen molar-refractivity contribution in [3.05, 3.63) is 67.2 Å². The normalized spacial score (nSPS) is 11.3. The molecule has 0 aliphatic carbocycles. The van der Waals surface area contributed by atoms with E-state index < -0.39 is 5.91 Å². The van der Waals surface area contributed by atoms with Crippen LogP contribution in [0.5, 0.6) is 0 Å². The van der Waals surface area contributed by atoms with Gasteiger partial charge in [0.25, 0.3) is 0 Å². The van der Waals surface area contributed by atoms with Gasteiger partial charge in [0.15, 0.2) is 5.76 Å². The number of hydrogen-bond acceptors (Lipinski definition) is 3. The number of furan rings is 1. The number of nitrogens with zero attached hydrogens (tertiary/aromatic N) is 1. The van der Waals surface area contributed by atoms with E-state index in [2.05, 4.69) is 58.3 Å². The van der Waals surface area contributed by atoms with Crippen molar-refractivity contribution in [3.63, 3.8) is 0 Å². The molecule has 0 atom stereocenters. The highest BCUT2D eigenvalue weighted by Gasteiger charge is 2.14. The molecule has 3 aromatic rings. The number of fused-ring (bicyclic) bond motifs is 1. The molecule has 7 heteroatoms. The Labute approximate surface area is 157 Å². The smallest absolute Gasteiger partial charge is 0.307 e. The van der Waals surface area contributed by atoms with E-state index in [1.54, 1.807) is 12.3 Å². The quantitative estimate of drug-likeness (QED) is 0.382. The molecular weight excluding hydrogens is 492 g/mol. The summed E-state index contributed by atoms with van der Waals surface area (Å²) >= 11 is 10.2. The van der Waals surface area contributed by atoms with Gasteiger partial charge >= 0.3 is 5.91 Å². The number of amides is 1. The van der Waals surface area contributed by atoms with Crippen LogP contribution in [0.2, 0.25) is 0 Å². The number of nitrogens with one attached hydrogen (secondary N) is 1. The standard InChI is InChI=1S/C16H9Br3N2O2/c17-11-5-10-6-14(23-15(10)13(19)7-11)16(22)21-20-8-9-3-1-2-4-12(9)18/h1-8H,(H,21,22)/b20-8-. The van der Waals surface area contributed by atoms with Crippen molar-refractivity contribution in [2.45, 2.75) is 0 Å². The van der Waals surface area contributed by atoms with Gasteiger partial charge in [-0.05, 0) is 40.2 Å². The Morgan fingerprint density at radius 2 is 1.87 bits per heavy atom. The summed E-state index contributed by atoms with van der Waals surface area (Å²) in [5.74, 6) is -0.212. The number of carbonyl (C=O) groups excluding carboxylic acids is 1. The second kappa shape index (κ2) is 6.98. The number of benzene rings is 2. The van der Waals surface area contributed by atoms with Crippen molar-refractivity contribution < 1.29 is 9.21 Å². The molecule has 2 aromatic carbocycles. The summed E-state index contributed by atoms with van der Waals surface area (Å²) in [6, 6.07) is 13.0. The molecule has 116 valence electrons. The molecule has 1 aromatic heterocycles. The Kier molecular flexibility index (Phi) is 4.99. The van der Waals surface area contributed by atoms with Crippen LogP contribution in [0.25, 0.3) is 11.0 Å². The fourth-order valence-corrected chi connectivity index (χ4v) is 3.71. The largest absolute Gasteiger partial charge is 0.450 e. The molecular formula is C16H9Br3N2O2. The molecule has 0 spiro atoms. The van der Waals surface area contributed by atoms with Crippen molar-refractivity contribution in [1.82, 2.24) is 5.43 Å². The van der Waals surface area contributed by atoms with E-state index in [1.165, 1.54) is 0 Å². The number of hydrogen-bond donors (Lipinski definition) is 1. The van der Waals surface area contributed by atoms with Gasteiger partial charge in [-0.2, -0.15) is 5.10 Å². The molecule has 1 amide bonds. The van der Waals surface area contributed by atoms with Crippen molar-refractivity contribution in [1.29, 1.82) is 0 Å². The molecule has 0 saturated heterocycles. The van der Waals surface area contributed by atoms with E-state index >= 15 is 0 Å². The molecule has 4 nitrogen and oxygen atoms in total. The zero-order valence-electron chi connectivity index (χ0n) is 11.5. The van der Waals surface area contributed by atoms with Crippen LogP contribution in [0.1, 0.15) is 16.1 Å². The first-order valence-electron chi connectivity index (χ1n) is 6.51. The van der Waals surface area contributed by atoms with Crippen LogP contribution in [0.4, 0.5) is 0 Å². The minimum atomic E-state index is -0.410. The zero-order valence-corrected chi connectivity index (χ0v) is 16.3. The van der Waals surface area contributed by atoms with Gasteiger partial charge in [-0.25, -0.2) is 5.43 Å². The second-order valence-corrected chi connectivity index (χ2v) is 7.26. The summed E-state index contributed by atoms with van der Waals surface area (Å²) < 4.78 is 8.15. The fourth-order valence-electron chi connectivity index (χ4n) is 1.98. The first-order chi connectivity index (χ1) is 11.0. The molecule has 0 unspecified atom stereocenters. The molecule has 23 heavy (non-hydrogen) atoms. The van der Waals surface area contributed by atoms with Crippen molar-refractivity contribution in [2.24, 2.45) is 5.10 Å². The molecule has 0 radical (unpaired) electrons. The molecule has 0 aliphatic heterocycles. The van der Waals surface area contributed by atoms with E-state index in [0.717, 1.165) is 24.4 Å². The van der Waals surface area contributed by atoms with Crippen LogP contribution in [0, 0.1) is 0 Å². The summed E-state index contributed by atoms with van der Waals surface area (Å²) in [6.45, 7) is 0. The van der Waals surface area contributed by atoms with E-state index in [9.17, 15) is 4.79 Å². The van der Waals surface area contributed by atoms with E-state index in [1.807, 2.05) is 36.4 Å². The number of hydrazone groups is 1. The van der Waals surface area contributed by atoms with Gasteiger partial charge in [-0.1, -0.05) is 50.1 Å². The highest BCUT2D eigenvalue weighted by Crippen LogP contribution is 2.30. The summed E-state index contributed by atoms with van der Waals surface area (Å²) in [7, 11) is 0. The highest BCUT2D eigenvalue weighted by molar-refractivity contribution is 9.11. The Hall–Kier alpha value is -1.44. The third-order valence-corrected chi connectivity index (χ3v) is 4.80.